The van der Waals surface area contributed by atoms with E-state index in [-0.39, 0.29) is 18.0 Å². The highest BCUT2D eigenvalue weighted by Gasteiger charge is 2.37. The van der Waals surface area contributed by atoms with Gasteiger partial charge in [0.25, 0.3) is 0 Å². The van der Waals surface area contributed by atoms with Gasteiger partial charge >= 0.3 is 6.09 Å². The minimum absolute atomic E-state index is 0.0924. The van der Waals surface area contributed by atoms with Crippen molar-refractivity contribution in [2.24, 2.45) is 5.92 Å². The molecule has 6 nitrogen and oxygen atoms in total. The van der Waals surface area contributed by atoms with E-state index in [1.807, 2.05) is 25.7 Å². The lowest BCUT2D eigenvalue weighted by atomic mass is 10.0. The fourth-order valence-corrected chi connectivity index (χ4v) is 3.61. The highest BCUT2D eigenvalue weighted by atomic mass is 16.6. The van der Waals surface area contributed by atoms with Crippen molar-refractivity contribution in [3.8, 4) is 0 Å². The first kappa shape index (κ1) is 20.0. The molecule has 1 unspecified atom stereocenters. The van der Waals surface area contributed by atoms with E-state index >= 15 is 0 Å². The third kappa shape index (κ3) is 5.87. The van der Waals surface area contributed by atoms with Gasteiger partial charge in [0.05, 0.1) is 0 Å². The van der Waals surface area contributed by atoms with Crippen molar-refractivity contribution in [2.75, 3.05) is 39.3 Å². The maximum absolute atomic E-state index is 13.0. The summed E-state index contributed by atoms with van der Waals surface area (Å²) in [6, 6.07) is -0.361. The molecule has 2 saturated heterocycles. The average Bonchev–Trinajstić information content (AvgIpc) is 2.53. The summed E-state index contributed by atoms with van der Waals surface area (Å²) >= 11 is 0. The highest BCUT2D eigenvalue weighted by Crippen LogP contribution is 2.22. The maximum Gasteiger partial charge on any atom is 0.410 e. The van der Waals surface area contributed by atoms with Crippen molar-refractivity contribution < 1.29 is 14.3 Å². The highest BCUT2D eigenvalue weighted by molar-refractivity contribution is 5.86. The van der Waals surface area contributed by atoms with Crippen molar-refractivity contribution >= 4 is 12.0 Å². The average molecular weight is 354 g/mol. The SMILES string of the molecule is CC(C)CN1CCN(C(=O)C2CCCCN2C(=O)OC(C)(C)C)CC1. The molecule has 2 amide bonds. The van der Waals surface area contributed by atoms with Crippen LogP contribution in [0.15, 0.2) is 0 Å². The second-order valence-electron chi connectivity index (χ2n) is 8.71. The van der Waals surface area contributed by atoms with E-state index in [9.17, 15) is 9.59 Å². The summed E-state index contributed by atoms with van der Waals surface area (Å²) in [4.78, 5) is 31.5. The summed E-state index contributed by atoms with van der Waals surface area (Å²) in [5, 5.41) is 0. The topological polar surface area (TPSA) is 53.1 Å². The third-order valence-corrected chi connectivity index (χ3v) is 4.72. The molecule has 0 spiro atoms. The van der Waals surface area contributed by atoms with Crippen LogP contribution in [0.25, 0.3) is 0 Å². The molecule has 0 saturated carbocycles. The van der Waals surface area contributed by atoms with Gasteiger partial charge in [0, 0.05) is 39.3 Å². The Morgan fingerprint density at radius 1 is 1.04 bits per heavy atom. The van der Waals surface area contributed by atoms with Crippen LogP contribution < -0.4 is 0 Å². The molecule has 0 aromatic rings. The number of amides is 2. The van der Waals surface area contributed by atoms with E-state index in [0.29, 0.717) is 12.5 Å². The molecule has 1 atom stereocenters. The van der Waals surface area contributed by atoms with Crippen LogP contribution in [-0.2, 0) is 9.53 Å². The van der Waals surface area contributed by atoms with Gasteiger partial charge in [0.2, 0.25) is 5.91 Å². The molecule has 0 aromatic heterocycles. The monoisotopic (exact) mass is 353 g/mol. The molecular formula is C19H35N3O3. The zero-order valence-corrected chi connectivity index (χ0v) is 16.6. The van der Waals surface area contributed by atoms with Crippen LogP contribution >= 0.6 is 0 Å². The Kier molecular flexibility index (Phi) is 6.72. The van der Waals surface area contributed by atoms with E-state index in [0.717, 1.165) is 52.0 Å². The van der Waals surface area contributed by atoms with Crippen LogP contribution in [0.5, 0.6) is 0 Å². The number of hydrogen-bond acceptors (Lipinski definition) is 4. The van der Waals surface area contributed by atoms with Crippen LogP contribution in [0.3, 0.4) is 0 Å². The largest absolute Gasteiger partial charge is 0.444 e. The molecule has 0 radical (unpaired) electrons. The molecular weight excluding hydrogens is 318 g/mol. The Bertz CT molecular complexity index is 465. The molecule has 0 aromatic carbocycles. The van der Waals surface area contributed by atoms with Gasteiger partial charge in [0.1, 0.15) is 11.6 Å². The first-order chi connectivity index (χ1) is 11.7. The Labute approximate surface area is 152 Å². The summed E-state index contributed by atoms with van der Waals surface area (Å²) < 4.78 is 5.51. The number of ether oxygens (including phenoxy) is 1. The zero-order valence-electron chi connectivity index (χ0n) is 16.6. The normalized spacial score (nSPS) is 23.0. The number of likely N-dealkylation sites (tertiary alicyclic amines) is 1. The molecule has 2 aliphatic heterocycles. The van der Waals surface area contributed by atoms with Crippen molar-refractivity contribution in [3.05, 3.63) is 0 Å². The Morgan fingerprint density at radius 2 is 1.68 bits per heavy atom. The first-order valence-electron chi connectivity index (χ1n) is 9.68. The van der Waals surface area contributed by atoms with Crippen LogP contribution in [0.2, 0.25) is 0 Å². The van der Waals surface area contributed by atoms with Crippen LogP contribution in [0.4, 0.5) is 4.79 Å². The van der Waals surface area contributed by atoms with E-state index < -0.39 is 5.60 Å². The van der Waals surface area contributed by atoms with Gasteiger partial charge in [-0.1, -0.05) is 13.8 Å². The molecule has 0 N–H and O–H groups in total. The number of nitrogens with zero attached hydrogens (tertiary/aromatic N) is 3. The summed E-state index contributed by atoms with van der Waals surface area (Å²) in [5.41, 5.74) is -0.537. The Hall–Kier alpha value is -1.30. The summed E-state index contributed by atoms with van der Waals surface area (Å²) in [7, 11) is 0. The van der Waals surface area contributed by atoms with Gasteiger partial charge in [-0.2, -0.15) is 0 Å². The number of hydrogen-bond donors (Lipinski definition) is 0. The van der Waals surface area contributed by atoms with Crippen LogP contribution in [0.1, 0.15) is 53.9 Å². The Balaban J connectivity index is 1.95. The Morgan fingerprint density at radius 3 is 2.24 bits per heavy atom. The fourth-order valence-electron chi connectivity index (χ4n) is 3.61. The van der Waals surface area contributed by atoms with Crippen molar-refractivity contribution in [1.29, 1.82) is 0 Å². The lowest BCUT2D eigenvalue weighted by Gasteiger charge is -2.41. The molecule has 25 heavy (non-hydrogen) atoms. The number of carbonyl (C=O) groups is 2. The minimum Gasteiger partial charge on any atom is -0.444 e. The van der Waals surface area contributed by atoms with Crippen LogP contribution in [0, 0.1) is 5.92 Å². The lowest BCUT2D eigenvalue weighted by Crippen LogP contribution is -2.57. The van der Waals surface area contributed by atoms with Crippen molar-refractivity contribution in [1.82, 2.24) is 14.7 Å². The second kappa shape index (κ2) is 8.39. The predicted octanol–water partition coefficient (Wildman–Crippen LogP) is 2.58. The molecule has 2 heterocycles. The summed E-state index contributed by atoms with van der Waals surface area (Å²) in [5.74, 6) is 0.734. The smallest absolute Gasteiger partial charge is 0.410 e. The molecule has 2 rings (SSSR count). The van der Waals surface area contributed by atoms with E-state index in [1.165, 1.54) is 0 Å². The minimum atomic E-state index is -0.537. The third-order valence-electron chi connectivity index (χ3n) is 4.72. The molecule has 144 valence electrons. The van der Waals surface area contributed by atoms with E-state index in [4.69, 9.17) is 4.74 Å². The summed E-state index contributed by atoms with van der Waals surface area (Å²) in [6.45, 7) is 15.1. The van der Waals surface area contributed by atoms with Crippen LogP contribution in [-0.4, -0.2) is 77.6 Å². The van der Waals surface area contributed by atoms with E-state index in [1.54, 1.807) is 4.90 Å². The molecule has 2 fully saturated rings. The maximum atomic E-state index is 13.0. The molecule has 0 aliphatic carbocycles. The van der Waals surface area contributed by atoms with Gasteiger partial charge in [-0.05, 0) is 46.0 Å². The van der Waals surface area contributed by atoms with Gasteiger partial charge in [-0.3, -0.25) is 14.6 Å². The van der Waals surface area contributed by atoms with Gasteiger partial charge in [-0.25, -0.2) is 4.79 Å². The number of carbonyl (C=O) groups excluding carboxylic acids is 2. The molecule has 0 bridgehead atoms. The number of piperazine rings is 1. The fraction of sp³-hybridized carbons (Fsp3) is 0.895. The van der Waals surface area contributed by atoms with Crippen molar-refractivity contribution in [3.63, 3.8) is 0 Å². The predicted molar refractivity (Wildman–Crippen MR) is 98.4 cm³/mol. The number of rotatable bonds is 3. The standard InChI is InChI=1S/C19H35N3O3/c1-15(2)14-20-10-12-21(13-11-20)17(23)16-8-6-7-9-22(16)18(24)25-19(3,4)5/h15-16H,6-14H2,1-5H3. The second-order valence-corrected chi connectivity index (χ2v) is 8.71. The number of piperidine rings is 1. The first-order valence-corrected chi connectivity index (χ1v) is 9.68. The quantitative estimate of drug-likeness (QED) is 0.782. The zero-order chi connectivity index (χ0) is 18.6. The van der Waals surface area contributed by atoms with E-state index in [2.05, 4.69) is 18.7 Å². The summed E-state index contributed by atoms with van der Waals surface area (Å²) in [6.07, 6.45) is 2.31. The lowest BCUT2D eigenvalue weighted by molar-refractivity contribution is -0.140. The van der Waals surface area contributed by atoms with Gasteiger partial charge < -0.3 is 9.64 Å². The molecule has 2 aliphatic rings. The van der Waals surface area contributed by atoms with Gasteiger partial charge in [-0.15, -0.1) is 0 Å². The van der Waals surface area contributed by atoms with Crippen molar-refractivity contribution in [2.45, 2.75) is 65.5 Å². The molecule has 6 heteroatoms. The van der Waals surface area contributed by atoms with Gasteiger partial charge in [0.15, 0.2) is 0 Å².